The highest BCUT2D eigenvalue weighted by atomic mass is 19.2. The molecule has 0 spiro atoms. The van der Waals surface area contributed by atoms with Crippen molar-refractivity contribution in [3.8, 4) is 17.1 Å². The van der Waals surface area contributed by atoms with E-state index < -0.39 is 11.6 Å². The molecule has 0 saturated heterocycles. The Labute approximate surface area is 151 Å². The van der Waals surface area contributed by atoms with E-state index in [0.717, 1.165) is 24.9 Å². The van der Waals surface area contributed by atoms with Crippen molar-refractivity contribution in [2.45, 2.75) is 38.6 Å². The average Bonchev–Trinajstić information content (AvgIpc) is 3.04. The normalized spacial score (nSPS) is 15.5. The molecule has 5 heteroatoms. The first-order valence-corrected chi connectivity index (χ1v) is 9.16. The summed E-state index contributed by atoms with van der Waals surface area (Å²) in [6.45, 7) is 0.759. The highest BCUT2D eigenvalue weighted by Crippen LogP contribution is 2.35. The lowest BCUT2D eigenvalue weighted by Crippen LogP contribution is -2.15. The predicted molar refractivity (Wildman–Crippen MR) is 98.2 cm³/mol. The fourth-order valence-corrected chi connectivity index (χ4v) is 3.98. The van der Waals surface area contributed by atoms with Crippen molar-refractivity contribution in [1.29, 1.82) is 0 Å². The van der Waals surface area contributed by atoms with Gasteiger partial charge in [0, 0.05) is 6.54 Å². The Balaban J connectivity index is 1.89. The average molecular weight is 356 g/mol. The smallest absolute Gasteiger partial charge is 0.186 e. The largest absolute Gasteiger partial charge is 0.496 e. The van der Waals surface area contributed by atoms with E-state index in [9.17, 15) is 8.78 Å². The van der Waals surface area contributed by atoms with Gasteiger partial charge in [-0.05, 0) is 43.0 Å². The summed E-state index contributed by atoms with van der Waals surface area (Å²) in [5.74, 6) is 0.0799. The molecule has 0 amide bonds. The highest BCUT2D eigenvalue weighted by Gasteiger charge is 2.23. The van der Waals surface area contributed by atoms with E-state index in [-0.39, 0.29) is 5.52 Å². The highest BCUT2D eigenvalue weighted by molar-refractivity contribution is 5.82. The monoisotopic (exact) mass is 356 g/mol. The van der Waals surface area contributed by atoms with Crippen LogP contribution in [-0.2, 0) is 6.54 Å². The third-order valence-corrected chi connectivity index (χ3v) is 5.33. The summed E-state index contributed by atoms with van der Waals surface area (Å²) >= 11 is 0. The first kappa shape index (κ1) is 17.0. The molecule has 3 aromatic rings. The minimum atomic E-state index is -0.888. The van der Waals surface area contributed by atoms with Gasteiger partial charge in [-0.2, -0.15) is 0 Å². The molecule has 1 aliphatic rings. The van der Waals surface area contributed by atoms with Crippen molar-refractivity contribution in [3.05, 3.63) is 48.0 Å². The van der Waals surface area contributed by atoms with Crippen LogP contribution in [0.1, 0.15) is 32.1 Å². The molecule has 0 N–H and O–H groups in total. The van der Waals surface area contributed by atoms with Crippen LogP contribution in [0.3, 0.4) is 0 Å². The Bertz CT molecular complexity index is 929. The van der Waals surface area contributed by atoms with Gasteiger partial charge in [0.05, 0.1) is 18.2 Å². The third kappa shape index (κ3) is 2.96. The van der Waals surface area contributed by atoms with Crippen LogP contribution >= 0.6 is 0 Å². The maximum absolute atomic E-state index is 14.4. The number of nitrogens with zero attached hydrogens (tertiary/aromatic N) is 2. The molecule has 0 radical (unpaired) electrons. The zero-order valence-corrected chi connectivity index (χ0v) is 14.8. The molecule has 1 saturated carbocycles. The number of para-hydroxylation sites is 1. The van der Waals surface area contributed by atoms with Crippen molar-refractivity contribution in [3.63, 3.8) is 0 Å². The Morgan fingerprint density at radius 3 is 2.62 bits per heavy atom. The second kappa shape index (κ2) is 7.06. The van der Waals surface area contributed by atoms with Crippen LogP contribution in [0.2, 0.25) is 0 Å². The second-order valence-electron chi connectivity index (χ2n) is 6.98. The maximum atomic E-state index is 14.4. The maximum Gasteiger partial charge on any atom is 0.186 e. The summed E-state index contributed by atoms with van der Waals surface area (Å²) < 4.78 is 35.6. The molecule has 0 unspecified atom stereocenters. The summed E-state index contributed by atoms with van der Waals surface area (Å²) in [7, 11) is 1.60. The molecule has 136 valence electrons. The minimum absolute atomic E-state index is 0.0849. The van der Waals surface area contributed by atoms with Crippen molar-refractivity contribution in [2.24, 2.45) is 5.92 Å². The van der Waals surface area contributed by atoms with Crippen molar-refractivity contribution < 1.29 is 13.5 Å². The topological polar surface area (TPSA) is 27.1 Å². The zero-order chi connectivity index (χ0) is 18.1. The number of ether oxygens (including phenoxy) is 1. The number of aromatic nitrogens is 2. The summed E-state index contributed by atoms with van der Waals surface area (Å²) in [6.07, 6.45) is 6.05. The molecule has 0 bridgehead atoms. The van der Waals surface area contributed by atoms with Gasteiger partial charge in [-0.15, -0.1) is 0 Å². The lowest BCUT2D eigenvalue weighted by atomic mass is 9.89. The van der Waals surface area contributed by atoms with Gasteiger partial charge in [0.25, 0.3) is 0 Å². The van der Waals surface area contributed by atoms with Crippen LogP contribution in [0.25, 0.3) is 22.4 Å². The molecule has 3 nitrogen and oxygen atoms in total. The Morgan fingerprint density at radius 2 is 1.85 bits per heavy atom. The Kier molecular flexibility index (Phi) is 4.62. The molecule has 0 atom stereocenters. The molecule has 1 fully saturated rings. The number of rotatable bonds is 4. The van der Waals surface area contributed by atoms with E-state index in [0.29, 0.717) is 23.0 Å². The molecule has 0 aliphatic heterocycles. The first-order valence-electron chi connectivity index (χ1n) is 9.16. The van der Waals surface area contributed by atoms with Crippen LogP contribution < -0.4 is 4.74 Å². The first-order chi connectivity index (χ1) is 12.7. The zero-order valence-electron chi connectivity index (χ0n) is 14.8. The van der Waals surface area contributed by atoms with Crippen LogP contribution in [0.5, 0.6) is 5.75 Å². The van der Waals surface area contributed by atoms with Gasteiger partial charge in [0.2, 0.25) is 0 Å². The number of fused-ring (bicyclic) bond motifs is 1. The number of imidazole rings is 1. The molecule has 26 heavy (non-hydrogen) atoms. The molecule has 4 rings (SSSR count). The van der Waals surface area contributed by atoms with E-state index in [1.807, 2.05) is 28.8 Å². The predicted octanol–water partition coefficient (Wildman–Crippen LogP) is 5.57. The molecular formula is C21H22F2N2O. The molecule has 1 aliphatic carbocycles. The van der Waals surface area contributed by atoms with Crippen molar-refractivity contribution >= 4 is 11.0 Å². The van der Waals surface area contributed by atoms with Crippen LogP contribution in [0, 0.1) is 17.6 Å². The summed E-state index contributed by atoms with van der Waals surface area (Å²) in [4.78, 5) is 4.49. The van der Waals surface area contributed by atoms with Crippen LogP contribution in [-0.4, -0.2) is 16.7 Å². The number of halogens is 2. The van der Waals surface area contributed by atoms with Crippen LogP contribution in [0.15, 0.2) is 36.4 Å². The standard InChI is InChI=1S/C21H22F2N2O/c1-26-18-10-6-5-9-15(18)21-24-20-17(12-11-16(22)19(20)23)25(21)13-14-7-3-2-4-8-14/h5-6,9-12,14H,2-4,7-8,13H2,1H3. The lowest BCUT2D eigenvalue weighted by Gasteiger charge is -2.23. The molecule has 2 aromatic carbocycles. The lowest BCUT2D eigenvalue weighted by molar-refractivity contribution is 0.323. The van der Waals surface area contributed by atoms with E-state index in [4.69, 9.17) is 4.74 Å². The summed E-state index contributed by atoms with van der Waals surface area (Å²) in [5, 5.41) is 0. The number of hydrogen-bond acceptors (Lipinski definition) is 2. The summed E-state index contributed by atoms with van der Waals surface area (Å²) in [5.41, 5.74) is 1.51. The van der Waals surface area contributed by atoms with Crippen molar-refractivity contribution in [1.82, 2.24) is 9.55 Å². The Morgan fingerprint density at radius 1 is 1.08 bits per heavy atom. The van der Waals surface area contributed by atoms with E-state index >= 15 is 0 Å². The number of hydrogen-bond donors (Lipinski definition) is 0. The Hall–Kier alpha value is -2.43. The van der Waals surface area contributed by atoms with E-state index in [1.54, 1.807) is 13.2 Å². The second-order valence-corrected chi connectivity index (χ2v) is 6.98. The van der Waals surface area contributed by atoms with Crippen LogP contribution in [0.4, 0.5) is 8.78 Å². The fraction of sp³-hybridized carbons (Fsp3) is 0.381. The quantitative estimate of drug-likeness (QED) is 0.611. The SMILES string of the molecule is COc1ccccc1-c1nc2c(F)c(F)ccc2n1CC1CCCCC1. The van der Waals surface area contributed by atoms with Gasteiger partial charge in [-0.1, -0.05) is 31.4 Å². The summed E-state index contributed by atoms with van der Waals surface area (Å²) in [6, 6.07) is 10.4. The van der Waals surface area contributed by atoms with Crippen molar-refractivity contribution in [2.75, 3.05) is 7.11 Å². The van der Waals surface area contributed by atoms with Gasteiger partial charge >= 0.3 is 0 Å². The number of methoxy groups -OCH3 is 1. The van der Waals surface area contributed by atoms with E-state index in [1.165, 1.54) is 25.3 Å². The molecular weight excluding hydrogens is 334 g/mol. The van der Waals surface area contributed by atoms with Gasteiger partial charge in [0.1, 0.15) is 17.1 Å². The van der Waals surface area contributed by atoms with Gasteiger partial charge in [0.15, 0.2) is 11.6 Å². The third-order valence-electron chi connectivity index (χ3n) is 5.33. The minimum Gasteiger partial charge on any atom is -0.496 e. The number of benzene rings is 2. The van der Waals surface area contributed by atoms with Gasteiger partial charge in [-0.25, -0.2) is 13.8 Å². The fourth-order valence-electron chi connectivity index (χ4n) is 3.98. The molecule has 1 heterocycles. The van der Waals surface area contributed by atoms with Gasteiger partial charge in [-0.3, -0.25) is 0 Å². The molecule has 1 aromatic heterocycles. The van der Waals surface area contributed by atoms with Gasteiger partial charge < -0.3 is 9.30 Å². The van der Waals surface area contributed by atoms with E-state index in [2.05, 4.69) is 4.98 Å².